The average Bonchev–Trinajstić information content (AvgIpc) is 2.63. The van der Waals surface area contributed by atoms with Gasteiger partial charge in [0.25, 0.3) is 0 Å². The third-order valence-electron chi connectivity index (χ3n) is 3.46. The number of carboxylic acid groups (broad SMARTS) is 1. The normalized spacial score (nSPS) is 10.9. The van der Waals surface area contributed by atoms with Gasteiger partial charge in [0.2, 0.25) is 5.91 Å². The number of fused-ring (bicyclic) bond motifs is 1. The first-order valence-corrected chi connectivity index (χ1v) is 7.99. The van der Waals surface area contributed by atoms with Gasteiger partial charge in [-0.05, 0) is 36.4 Å². The zero-order valence-corrected chi connectivity index (χ0v) is 14.4. The lowest BCUT2D eigenvalue weighted by atomic mass is 10.2. The van der Waals surface area contributed by atoms with E-state index in [9.17, 15) is 14.0 Å². The van der Waals surface area contributed by atoms with Gasteiger partial charge in [-0.2, -0.15) is 0 Å². The number of hydrogen-bond donors (Lipinski definition) is 3. The summed E-state index contributed by atoms with van der Waals surface area (Å²) in [6.45, 7) is 0. The summed E-state index contributed by atoms with van der Waals surface area (Å²) in [6.07, 6.45) is 3.02. The summed E-state index contributed by atoms with van der Waals surface area (Å²) in [5, 5.41) is 14.7. The molecule has 1 amide bonds. The second kappa shape index (κ2) is 7.79. The summed E-state index contributed by atoms with van der Waals surface area (Å²) in [7, 11) is 0. The Morgan fingerprint density at radius 2 is 1.85 bits per heavy atom. The zero-order chi connectivity index (χ0) is 19.4. The standard InChI is InChI=1S/C18H12ClFN4O3/c19-13-8-11(1-3-14(13)20)24-18-12-7-10(2-4-15(12)21-9-22-18)23-16(25)5-6-17(26)27/h1-9H,(H,23,25)(H,26,27)(H,21,22,24). The van der Waals surface area contributed by atoms with Crippen molar-refractivity contribution in [3.8, 4) is 0 Å². The van der Waals surface area contributed by atoms with Crippen LogP contribution in [-0.4, -0.2) is 27.0 Å². The van der Waals surface area contributed by atoms with E-state index in [-0.39, 0.29) is 5.02 Å². The van der Waals surface area contributed by atoms with Gasteiger partial charge >= 0.3 is 5.97 Å². The highest BCUT2D eigenvalue weighted by Crippen LogP contribution is 2.27. The summed E-state index contributed by atoms with van der Waals surface area (Å²) >= 11 is 5.79. The van der Waals surface area contributed by atoms with Gasteiger partial charge < -0.3 is 15.7 Å². The highest BCUT2D eigenvalue weighted by molar-refractivity contribution is 6.31. The molecule has 0 fully saturated rings. The molecular weight excluding hydrogens is 375 g/mol. The van der Waals surface area contributed by atoms with Crippen LogP contribution in [0.2, 0.25) is 5.02 Å². The number of amides is 1. The van der Waals surface area contributed by atoms with Gasteiger partial charge in [0.15, 0.2) is 0 Å². The fourth-order valence-corrected chi connectivity index (χ4v) is 2.46. The van der Waals surface area contributed by atoms with Crippen molar-refractivity contribution in [3.05, 3.63) is 65.7 Å². The Labute approximate surface area is 157 Å². The molecule has 0 saturated heterocycles. The third kappa shape index (κ3) is 4.56. The van der Waals surface area contributed by atoms with E-state index in [1.807, 2.05) is 0 Å². The molecule has 1 aromatic heterocycles. The molecule has 136 valence electrons. The van der Waals surface area contributed by atoms with Crippen LogP contribution < -0.4 is 10.6 Å². The molecule has 0 spiro atoms. The van der Waals surface area contributed by atoms with Crippen molar-refractivity contribution < 1.29 is 19.1 Å². The van der Waals surface area contributed by atoms with Gasteiger partial charge in [-0.15, -0.1) is 0 Å². The lowest BCUT2D eigenvalue weighted by molar-refractivity contribution is -0.131. The Morgan fingerprint density at radius 3 is 2.59 bits per heavy atom. The molecule has 0 bridgehead atoms. The largest absolute Gasteiger partial charge is 0.478 e. The van der Waals surface area contributed by atoms with Gasteiger partial charge in [-0.25, -0.2) is 19.2 Å². The zero-order valence-electron chi connectivity index (χ0n) is 13.6. The van der Waals surface area contributed by atoms with E-state index in [4.69, 9.17) is 16.7 Å². The van der Waals surface area contributed by atoms with E-state index in [0.717, 1.165) is 12.2 Å². The number of anilines is 3. The molecule has 0 aliphatic carbocycles. The number of carboxylic acids is 1. The van der Waals surface area contributed by atoms with Crippen LogP contribution in [0.15, 0.2) is 54.9 Å². The maximum atomic E-state index is 13.3. The maximum Gasteiger partial charge on any atom is 0.328 e. The lowest BCUT2D eigenvalue weighted by Crippen LogP contribution is -2.08. The minimum atomic E-state index is -1.22. The van der Waals surface area contributed by atoms with Gasteiger partial charge in [0, 0.05) is 28.9 Å². The van der Waals surface area contributed by atoms with Crippen molar-refractivity contribution in [1.29, 1.82) is 0 Å². The predicted molar refractivity (Wildman–Crippen MR) is 99.6 cm³/mol. The minimum absolute atomic E-state index is 0.0310. The molecule has 0 aliphatic rings. The van der Waals surface area contributed by atoms with Gasteiger partial charge in [-0.1, -0.05) is 11.6 Å². The number of nitrogens with zero attached hydrogens (tertiary/aromatic N) is 2. The predicted octanol–water partition coefficient (Wildman–Crippen LogP) is 3.75. The van der Waals surface area contributed by atoms with E-state index >= 15 is 0 Å². The van der Waals surface area contributed by atoms with Gasteiger partial charge in [0.05, 0.1) is 10.5 Å². The van der Waals surface area contributed by atoms with Crippen molar-refractivity contribution >= 4 is 51.6 Å². The van der Waals surface area contributed by atoms with Crippen molar-refractivity contribution in [3.63, 3.8) is 0 Å². The molecule has 3 aromatic rings. The van der Waals surface area contributed by atoms with Crippen LogP contribution >= 0.6 is 11.6 Å². The topological polar surface area (TPSA) is 104 Å². The SMILES string of the molecule is O=C(O)C=CC(=O)Nc1ccc2ncnc(Nc3ccc(F)c(Cl)c3)c2c1. The average molecular weight is 387 g/mol. The van der Waals surface area contributed by atoms with Crippen molar-refractivity contribution in [1.82, 2.24) is 9.97 Å². The first-order chi connectivity index (χ1) is 12.9. The number of aromatic nitrogens is 2. The summed E-state index contributed by atoms with van der Waals surface area (Å²) in [4.78, 5) is 30.5. The van der Waals surface area contributed by atoms with Gasteiger partial charge in [0.1, 0.15) is 18.0 Å². The highest BCUT2D eigenvalue weighted by atomic mass is 35.5. The number of carbonyl (C=O) groups excluding carboxylic acids is 1. The fraction of sp³-hybridized carbons (Fsp3) is 0. The summed E-state index contributed by atoms with van der Waals surface area (Å²) in [6, 6.07) is 9.10. The summed E-state index contributed by atoms with van der Waals surface area (Å²) in [5.74, 6) is -1.91. The monoisotopic (exact) mass is 386 g/mol. The van der Waals surface area contributed by atoms with E-state index in [0.29, 0.717) is 28.1 Å². The van der Waals surface area contributed by atoms with E-state index < -0.39 is 17.7 Å². The highest BCUT2D eigenvalue weighted by Gasteiger charge is 2.08. The van der Waals surface area contributed by atoms with Crippen LogP contribution in [0.4, 0.5) is 21.6 Å². The van der Waals surface area contributed by atoms with Crippen LogP contribution in [0.1, 0.15) is 0 Å². The van der Waals surface area contributed by atoms with E-state index in [1.54, 1.807) is 18.2 Å². The second-order valence-electron chi connectivity index (χ2n) is 5.37. The van der Waals surface area contributed by atoms with Crippen LogP contribution in [0.5, 0.6) is 0 Å². The number of halogens is 2. The third-order valence-corrected chi connectivity index (χ3v) is 3.75. The quantitative estimate of drug-likeness (QED) is 0.577. The number of hydrogen-bond acceptors (Lipinski definition) is 5. The number of aliphatic carboxylic acids is 1. The van der Waals surface area contributed by atoms with Crippen LogP contribution in [0, 0.1) is 5.82 Å². The smallest absolute Gasteiger partial charge is 0.328 e. The molecule has 0 unspecified atom stereocenters. The molecule has 3 N–H and O–H groups in total. The molecule has 0 saturated carbocycles. The Hall–Kier alpha value is -3.52. The molecular formula is C18H12ClFN4O3. The number of benzene rings is 2. The molecule has 2 aromatic carbocycles. The van der Waals surface area contributed by atoms with Crippen LogP contribution in [0.3, 0.4) is 0 Å². The number of carbonyl (C=O) groups is 2. The molecule has 0 aliphatic heterocycles. The van der Waals surface area contributed by atoms with Crippen molar-refractivity contribution in [2.75, 3.05) is 10.6 Å². The Kier molecular flexibility index (Phi) is 5.28. The molecule has 27 heavy (non-hydrogen) atoms. The molecule has 1 heterocycles. The first kappa shape index (κ1) is 18.3. The van der Waals surface area contributed by atoms with Crippen molar-refractivity contribution in [2.24, 2.45) is 0 Å². The van der Waals surface area contributed by atoms with Crippen LogP contribution in [0.25, 0.3) is 10.9 Å². The fourth-order valence-electron chi connectivity index (χ4n) is 2.28. The molecule has 0 atom stereocenters. The second-order valence-corrected chi connectivity index (χ2v) is 5.78. The molecule has 7 nitrogen and oxygen atoms in total. The van der Waals surface area contributed by atoms with Crippen molar-refractivity contribution in [2.45, 2.75) is 0 Å². The molecule has 9 heteroatoms. The van der Waals surface area contributed by atoms with E-state index in [1.165, 1.54) is 24.5 Å². The van der Waals surface area contributed by atoms with Crippen LogP contribution in [-0.2, 0) is 9.59 Å². The van der Waals surface area contributed by atoms with E-state index in [2.05, 4.69) is 20.6 Å². The lowest BCUT2D eigenvalue weighted by Gasteiger charge is -2.10. The Balaban J connectivity index is 1.90. The summed E-state index contributed by atoms with van der Waals surface area (Å²) in [5.41, 5.74) is 1.57. The molecule has 3 rings (SSSR count). The number of rotatable bonds is 5. The first-order valence-electron chi connectivity index (χ1n) is 7.61. The molecule has 0 radical (unpaired) electrons. The van der Waals surface area contributed by atoms with Gasteiger partial charge in [-0.3, -0.25) is 4.79 Å². The minimum Gasteiger partial charge on any atom is -0.478 e. The number of nitrogens with one attached hydrogen (secondary N) is 2. The Bertz CT molecular complexity index is 1070. The summed E-state index contributed by atoms with van der Waals surface area (Å²) < 4.78 is 13.3. The Morgan fingerprint density at radius 1 is 1.07 bits per heavy atom. The maximum absolute atomic E-state index is 13.3.